The Morgan fingerprint density at radius 2 is 2.00 bits per heavy atom. The third-order valence-electron chi connectivity index (χ3n) is 3.05. The van der Waals surface area contributed by atoms with Gasteiger partial charge in [0.05, 0.1) is 0 Å². The fraction of sp³-hybridized carbons (Fsp3) is 0.357. The van der Waals surface area contributed by atoms with E-state index in [2.05, 4.69) is 5.92 Å². The zero-order valence-corrected chi connectivity index (χ0v) is 12.5. The second-order valence-corrected chi connectivity index (χ2v) is 5.62. The fourth-order valence-corrected chi connectivity index (χ4v) is 2.03. The Hall–Kier alpha value is -1.42. The maximum atomic E-state index is 13.4. The van der Waals surface area contributed by atoms with E-state index in [-0.39, 0.29) is 16.6 Å². The predicted octanol–water partition coefficient (Wildman–Crippen LogP) is 4.27. The van der Waals surface area contributed by atoms with Crippen molar-refractivity contribution < 1.29 is 23.1 Å². The average Bonchev–Trinajstić information content (AvgIpc) is 3.20. The van der Waals surface area contributed by atoms with Crippen LogP contribution in [-0.2, 0) is 5.60 Å². The summed E-state index contributed by atoms with van der Waals surface area (Å²) in [5.74, 6) is 4.12. The van der Waals surface area contributed by atoms with Crippen LogP contribution in [0.4, 0.5) is 23.7 Å². The third kappa shape index (κ3) is 3.67. The Balaban J connectivity index is 2.58. The summed E-state index contributed by atoms with van der Waals surface area (Å²) in [6.07, 6.45) is -3.69. The number of carbonyl (C=O) groups is 1. The van der Waals surface area contributed by atoms with Crippen molar-refractivity contribution in [1.29, 1.82) is 0 Å². The summed E-state index contributed by atoms with van der Waals surface area (Å²) >= 11 is 10.9. The van der Waals surface area contributed by atoms with Crippen molar-refractivity contribution in [2.24, 2.45) is 5.92 Å². The molecule has 0 heterocycles. The van der Waals surface area contributed by atoms with Crippen molar-refractivity contribution in [2.75, 3.05) is 5.32 Å². The van der Waals surface area contributed by atoms with Gasteiger partial charge in [-0.1, -0.05) is 23.4 Å². The highest BCUT2D eigenvalue weighted by molar-refractivity contribution is 6.65. The molecule has 0 unspecified atom stereocenters. The Morgan fingerprint density at radius 3 is 2.50 bits per heavy atom. The van der Waals surface area contributed by atoms with E-state index in [9.17, 15) is 23.1 Å². The number of hydrogen-bond donors (Lipinski definition) is 2. The number of benzene rings is 1. The van der Waals surface area contributed by atoms with Crippen molar-refractivity contribution in [3.05, 3.63) is 28.8 Å². The molecule has 0 radical (unpaired) electrons. The number of carbonyl (C=O) groups excluding carboxylic acids is 1. The zero-order valence-electron chi connectivity index (χ0n) is 11.0. The van der Waals surface area contributed by atoms with E-state index in [1.807, 2.05) is 11.2 Å². The van der Waals surface area contributed by atoms with Crippen LogP contribution in [-0.4, -0.2) is 16.6 Å². The molecule has 2 N–H and O–H groups in total. The largest absolute Gasteiger partial charge is 0.433 e. The molecule has 8 heteroatoms. The summed E-state index contributed by atoms with van der Waals surface area (Å²) in [6.45, 7) is 0. The van der Waals surface area contributed by atoms with Gasteiger partial charge >= 0.3 is 11.5 Å². The highest BCUT2D eigenvalue weighted by atomic mass is 35.5. The third-order valence-corrected chi connectivity index (χ3v) is 3.38. The Morgan fingerprint density at radius 1 is 1.36 bits per heavy atom. The lowest BCUT2D eigenvalue weighted by Crippen LogP contribution is -2.41. The lowest BCUT2D eigenvalue weighted by atomic mass is 9.91. The van der Waals surface area contributed by atoms with E-state index in [1.165, 1.54) is 6.07 Å². The van der Waals surface area contributed by atoms with Crippen molar-refractivity contribution in [3.63, 3.8) is 0 Å². The summed E-state index contributed by atoms with van der Waals surface area (Å²) in [7, 11) is 0. The average molecular weight is 352 g/mol. The van der Waals surface area contributed by atoms with Crippen molar-refractivity contribution in [1.82, 2.24) is 0 Å². The molecule has 0 aliphatic heterocycles. The first-order valence-electron chi connectivity index (χ1n) is 6.22. The molecule has 1 aliphatic carbocycles. The highest BCUT2D eigenvalue weighted by Crippen LogP contribution is 2.43. The Labute approximate surface area is 134 Å². The van der Waals surface area contributed by atoms with E-state index in [4.69, 9.17) is 23.2 Å². The topological polar surface area (TPSA) is 49.3 Å². The summed E-state index contributed by atoms with van der Waals surface area (Å²) in [6, 6.07) is 3.28. The standard InChI is InChI=1S/C14H10Cl2F3NO2/c15-9-3-4-11(20-12(16)21)10(7-9)13(22,14(17,18)19)6-5-8-1-2-8/h3-4,7-8,22H,1-2H2,(H,20,21)/t13-/m0/s1. The molecule has 0 bridgehead atoms. The minimum atomic E-state index is -5.08. The van der Waals surface area contributed by atoms with Crippen molar-refractivity contribution in [2.45, 2.75) is 24.6 Å². The maximum absolute atomic E-state index is 13.4. The molecular formula is C14H10Cl2F3NO2. The maximum Gasteiger partial charge on any atom is 0.433 e. The number of anilines is 1. The highest BCUT2D eigenvalue weighted by Gasteiger charge is 2.55. The number of alkyl halides is 3. The molecule has 1 saturated carbocycles. The second-order valence-electron chi connectivity index (χ2n) is 4.84. The molecule has 1 amide bonds. The minimum absolute atomic E-state index is 0.0431. The minimum Gasteiger partial charge on any atom is -0.366 e. The van der Waals surface area contributed by atoms with E-state index in [0.717, 1.165) is 12.1 Å². The van der Waals surface area contributed by atoms with Crippen LogP contribution in [0, 0.1) is 17.8 Å². The van der Waals surface area contributed by atoms with Crippen LogP contribution in [0.25, 0.3) is 0 Å². The molecule has 2 rings (SSSR count). The summed E-state index contributed by atoms with van der Waals surface area (Å²) < 4.78 is 40.1. The van der Waals surface area contributed by atoms with Gasteiger partial charge < -0.3 is 10.4 Å². The van der Waals surface area contributed by atoms with Crippen LogP contribution in [0.15, 0.2) is 18.2 Å². The molecule has 0 saturated heterocycles. The number of hydrogen-bond acceptors (Lipinski definition) is 2. The molecule has 1 fully saturated rings. The number of amides is 1. The van der Waals surface area contributed by atoms with Gasteiger partial charge in [0.2, 0.25) is 5.60 Å². The van der Waals surface area contributed by atoms with Gasteiger partial charge in [0.25, 0.3) is 0 Å². The van der Waals surface area contributed by atoms with Crippen LogP contribution >= 0.6 is 23.2 Å². The summed E-state index contributed by atoms with van der Waals surface area (Å²) in [4.78, 5) is 10.9. The molecule has 0 aromatic heterocycles. The number of rotatable bonds is 2. The van der Waals surface area contributed by atoms with Crippen molar-refractivity contribution >= 4 is 34.3 Å². The van der Waals surface area contributed by atoms with Crippen LogP contribution in [0.5, 0.6) is 0 Å². The van der Waals surface area contributed by atoms with Crippen LogP contribution in [0.2, 0.25) is 5.02 Å². The number of halogens is 5. The summed E-state index contributed by atoms with van der Waals surface area (Å²) in [5, 5.41) is 11.0. The van der Waals surface area contributed by atoms with Gasteiger partial charge in [0.15, 0.2) is 0 Å². The molecule has 3 nitrogen and oxygen atoms in total. The van der Waals surface area contributed by atoms with Gasteiger partial charge in [0.1, 0.15) is 0 Å². The first-order valence-corrected chi connectivity index (χ1v) is 6.97. The van der Waals surface area contributed by atoms with E-state index >= 15 is 0 Å². The SMILES string of the molecule is O=C(Cl)Nc1ccc(Cl)cc1[C@@](O)(C#CC1CC1)C(F)(F)F. The van der Waals surface area contributed by atoms with E-state index < -0.39 is 22.7 Å². The van der Waals surface area contributed by atoms with Crippen LogP contribution < -0.4 is 5.32 Å². The molecule has 0 spiro atoms. The van der Waals surface area contributed by atoms with Gasteiger partial charge in [-0.25, -0.2) is 0 Å². The van der Waals surface area contributed by atoms with Crippen LogP contribution in [0.3, 0.4) is 0 Å². The Bertz CT molecular complexity index is 662. The molecule has 1 aromatic carbocycles. The van der Waals surface area contributed by atoms with Gasteiger partial charge in [-0.05, 0) is 42.6 Å². The van der Waals surface area contributed by atoms with Gasteiger partial charge in [0, 0.05) is 22.2 Å². The van der Waals surface area contributed by atoms with Gasteiger partial charge in [-0.3, -0.25) is 4.79 Å². The molecule has 1 aromatic rings. The zero-order chi connectivity index (χ0) is 16.5. The first kappa shape index (κ1) is 16.9. The lowest BCUT2D eigenvalue weighted by Gasteiger charge is -2.27. The normalized spacial score (nSPS) is 17.2. The van der Waals surface area contributed by atoms with E-state index in [1.54, 1.807) is 0 Å². The lowest BCUT2D eigenvalue weighted by molar-refractivity contribution is -0.240. The summed E-state index contributed by atoms with van der Waals surface area (Å²) in [5.41, 5.74) is -4.43. The van der Waals surface area contributed by atoms with Crippen molar-refractivity contribution in [3.8, 4) is 11.8 Å². The molecule has 118 valence electrons. The molecule has 1 aliphatic rings. The predicted molar refractivity (Wildman–Crippen MR) is 76.8 cm³/mol. The van der Waals surface area contributed by atoms with Crippen LogP contribution in [0.1, 0.15) is 18.4 Å². The van der Waals surface area contributed by atoms with Gasteiger partial charge in [-0.2, -0.15) is 13.2 Å². The smallest absolute Gasteiger partial charge is 0.366 e. The molecular weight excluding hydrogens is 342 g/mol. The molecule has 1 atom stereocenters. The fourth-order valence-electron chi connectivity index (χ4n) is 1.76. The van der Waals surface area contributed by atoms with E-state index in [0.29, 0.717) is 12.8 Å². The number of nitrogens with one attached hydrogen (secondary N) is 1. The number of aliphatic hydroxyl groups is 1. The quantitative estimate of drug-likeness (QED) is 0.474. The monoisotopic (exact) mass is 351 g/mol. The molecule has 22 heavy (non-hydrogen) atoms. The Kier molecular flexibility index (Phi) is 4.62. The van der Waals surface area contributed by atoms with Gasteiger partial charge in [-0.15, -0.1) is 0 Å². The first-order chi connectivity index (χ1) is 10.1. The second kappa shape index (κ2) is 5.99.